The smallest absolute Gasteiger partial charge is 0.316 e. The minimum absolute atomic E-state index is 0.128. The van der Waals surface area contributed by atoms with Crippen LogP contribution in [-0.4, -0.2) is 31.6 Å². The standard InChI is InChI=1S/C10H16O4/c1-3-14-10(12)7-5-4-6-8(13-2)9(7)11/h7-8H,3-6H2,1-2H3. The quantitative estimate of drug-likeness (QED) is 0.502. The molecule has 80 valence electrons. The lowest BCUT2D eigenvalue weighted by Crippen LogP contribution is -2.39. The van der Waals surface area contributed by atoms with Gasteiger partial charge in [0.15, 0.2) is 5.78 Å². The third-order valence-corrected chi connectivity index (χ3v) is 2.48. The van der Waals surface area contributed by atoms with Gasteiger partial charge < -0.3 is 9.47 Å². The molecule has 0 spiro atoms. The highest BCUT2D eigenvalue weighted by molar-refractivity contribution is 6.01. The molecule has 0 radical (unpaired) electrons. The third kappa shape index (κ3) is 2.32. The van der Waals surface area contributed by atoms with E-state index in [4.69, 9.17) is 9.47 Å². The summed E-state index contributed by atoms with van der Waals surface area (Å²) in [7, 11) is 1.50. The lowest BCUT2D eigenvalue weighted by Gasteiger charge is -2.25. The number of rotatable bonds is 3. The molecule has 2 unspecified atom stereocenters. The molecule has 0 aromatic rings. The number of methoxy groups -OCH3 is 1. The van der Waals surface area contributed by atoms with Crippen molar-refractivity contribution >= 4 is 11.8 Å². The second kappa shape index (κ2) is 5.10. The van der Waals surface area contributed by atoms with Crippen molar-refractivity contribution in [3.8, 4) is 0 Å². The molecule has 0 aromatic heterocycles. The summed E-state index contributed by atoms with van der Waals surface area (Å²) >= 11 is 0. The van der Waals surface area contributed by atoms with Crippen LogP contribution < -0.4 is 0 Å². The number of ether oxygens (including phenoxy) is 2. The first kappa shape index (κ1) is 11.2. The lowest BCUT2D eigenvalue weighted by molar-refractivity contribution is -0.156. The van der Waals surface area contributed by atoms with Crippen LogP contribution >= 0.6 is 0 Å². The van der Waals surface area contributed by atoms with Crippen LogP contribution in [0.3, 0.4) is 0 Å². The van der Waals surface area contributed by atoms with Gasteiger partial charge in [0, 0.05) is 7.11 Å². The van der Waals surface area contributed by atoms with E-state index in [2.05, 4.69) is 0 Å². The van der Waals surface area contributed by atoms with E-state index < -0.39 is 18.0 Å². The number of hydrogen-bond acceptors (Lipinski definition) is 4. The number of hydrogen-bond donors (Lipinski definition) is 0. The SMILES string of the molecule is CCOC(=O)C1CCCC(OC)C1=O. The van der Waals surface area contributed by atoms with E-state index in [0.29, 0.717) is 19.4 Å². The van der Waals surface area contributed by atoms with Crippen LogP contribution in [0, 0.1) is 5.92 Å². The van der Waals surface area contributed by atoms with Crippen LogP contribution in [0.5, 0.6) is 0 Å². The Morgan fingerprint density at radius 1 is 1.50 bits per heavy atom. The minimum Gasteiger partial charge on any atom is -0.465 e. The predicted octanol–water partition coefficient (Wildman–Crippen LogP) is 0.934. The molecule has 0 aromatic carbocycles. The summed E-state index contributed by atoms with van der Waals surface area (Å²) in [6, 6.07) is 0. The first-order valence-electron chi connectivity index (χ1n) is 4.93. The lowest BCUT2D eigenvalue weighted by atomic mass is 9.86. The molecule has 1 fully saturated rings. The first-order chi connectivity index (χ1) is 6.70. The van der Waals surface area contributed by atoms with Crippen molar-refractivity contribution < 1.29 is 19.1 Å². The molecule has 0 bridgehead atoms. The van der Waals surface area contributed by atoms with Gasteiger partial charge in [-0.3, -0.25) is 9.59 Å². The maximum atomic E-state index is 11.6. The fourth-order valence-electron chi connectivity index (χ4n) is 1.73. The van der Waals surface area contributed by atoms with Crippen molar-refractivity contribution in [3.63, 3.8) is 0 Å². The van der Waals surface area contributed by atoms with Crippen molar-refractivity contribution in [2.75, 3.05) is 13.7 Å². The molecule has 4 nitrogen and oxygen atoms in total. The van der Waals surface area contributed by atoms with Crippen molar-refractivity contribution in [2.45, 2.75) is 32.3 Å². The van der Waals surface area contributed by atoms with Crippen LogP contribution in [0.2, 0.25) is 0 Å². The van der Waals surface area contributed by atoms with E-state index in [1.165, 1.54) is 7.11 Å². The molecular formula is C10H16O4. The van der Waals surface area contributed by atoms with Crippen LogP contribution in [0.1, 0.15) is 26.2 Å². The van der Waals surface area contributed by atoms with Gasteiger partial charge in [-0.15, -0.1) is 0 Å². The third-order valence-electron chi connectivity index (χ3n) is 2.48. The largest absolute Gasteiger partial charge is 0.465 e. The number of carbonyl (C=O) groups excluding carboxylic acids is 2. The van der Waals surface area contributed by atoms with Crippen molar-refractivity contribution in [3.05, 3.63) is 0 Å². The molecule has 1 rings (SSSR count). The topological polar surface area (TPSA) is 52.6 Å². The van der Waals surface area contributed by atoms with E-state index >= 15 is 0 Å². The predicted molar refractivity (Wildman–Crippen MR) is 49.8 cm³/mol. The second-order valence-corrected chi connectivity index (χ2v) is 3.36. The summed E-state index contributed by atoms with van der Waals surface area (Å²) in [6.07, 6.45) is 1.73. The van der Waals surface area contributed by atoms with E-state index in [1.807, 2.05) is 0 Å². The summed E-state index contributed by atoms with van der Waals surface area (Å²) in [6.45, 7) is 2.05. The normalized spacial score (nSPS) is 27.4. The highest BCUT2D eigenvalue weighted by atomic mass is 16.5. The van der Waals surface area contributed by atoms with Gasteiger partial charge in [-0.05, 0) is 26.2 Å². The van der Waals surface area contributed by atoms with Gasteiger partial charge in [0.2, 0.25) is 0 Å². The minimum atomic E-state index is -0.603. The van der Waals surface area contributed by atoms with Gasteiger partial charge in [-0.25, -0.2) is 0 Å². The zero-order chi connectivity index (χ0) is 10.6. The maximum absolute atomic E-state index is 11.6. The Kier molecular flexibility index (Phi) is 4.07. The van der Waals surface area contributed by atoms with Crippen molar-refractivity contribution in [2.24, 2.45) is 5.92 Å². The van der Waals surface area contributed by atoms with Crippen LogP contribution in [0.4, 0.5) is 0 Å². The highest BCUT2D eigenvalue weighted by Gasteiger charge is 2.36. The molecule has 1 aliphatic rings. The zero-order valence-corrected chi connectivity index (χ0v) is 8.62. The van der Waals surface area contributed by atoms with Gasteiger partial charge in [0.1, 0.15) is 12.0 Å². The Hall–Kier alpha value is -0.900. The molecule has 1 saturated carbocycles. The monoisotopic (exact) mass is 200 g/mol. The number of Topliss-reactive ketones (excluding diaryl/α,β-unsaturated/α-hetero) is 1. The average Bonchev–Trinajstić information content (AvgIpc) is 2.18. The molecule has 14 heavy (non-hydrogen) atoms. The van der Waals surface area contributed by atoms with E-state index in [1.54, 1.807) is 6.92 Å². The molecule has 2 atom stereocenters. The van der Waals surface area contributed by atoms with Gasteiger partial charge in [-0.1, -0.05) is 0 Å². The van der Waals surface area contributed by atoms with E-state index in [-0.39, 0.29) is 5.78 Å². The summed E-state index contributed by atoms with van der Waals surface area (Å²) in [5.74, 6) is -1.13. The van der Waals surface area contributed by atoms with Gasteiger partial charge in [-0.2, -0.15) is 0 Å². The molecule has 0 N–H and O–H groups in total. The fraction of sp³-hybridized carbons (Fsp3) is 0.800. The Labute approximate surface area is 83.6 Å². The average molecular weight is 200 g/mol. The van der Waals surface area contributed by atoms with E-state index in [9.17, 15) is 9.59 Å². The van der Waals surface area contributed by atoms with Gasteiger partial charge in [0.25, 0.3) is 0 Å². The Morgan fingerprint density at radius 2 is 2.21 bits per heavy atom. The summed E-state index contributed by atoms with van der Waals surface area (Å²) < 4.78 is 9.83. The molecule has 0 amide bonds. The second-order valence-electron chi connectivity index (χ2n) is 3.36. The molecule has 0 heterocycles. The van der Waals surface area contributed by atoms with Gasteiger partial charge >= 0.3 is 5.97 Å². The fourth-order valence-corrected chi connectivity index (χ4v) is 1.73. The Balaban J connectivity index is 2.60. The van der Waals surface area contributed by atoms with E-state index in [0.717, 1.165) is 6.42 Å². The summed E-state index contributed by atoms with van der Waals surface area (Å²) in [4.78, 5) is 23.0. The van der Waals surface area contributed by atoms with Crippen molar-refractivity contribution in [1.29, 1.82) is 0 Å². The first-order valence-corrected chi connectivity index (χ1v) is 4.93. The molecular weight excluding hydrogens is 184 g/mol. The number of esters is 1. The van der Waals surface area contributed by atoms with Crippen molar-refractivity contribution in [1.82, 2.24) is 0 Å². The Bertz CT molecular complexity index is 224. The molecule has 0 aliphatic heterocycles. The Morgan fingerprint density at radius 3 is 2.79 bits per heavy atom. The van der Waals surface area contributed by atoms with Crippen LogP contribution in [0.25, 0.3) is 0 Å². The van der Waals surface area contributed by atoms with Crippen LogP contribution in [0.15, 0.2) is 0 Å². The number of carbonyl (C=O) groups is 2. The molecule has 1 aliphatic carbocycles. The van der Waals surface area contributed by atoms with Crippen LogP contribution in [-0.2, 0) is 19.1 Å². The number of ketones is 1. The maximum Gasteiger partial charge on any atom is 0.316 e. The highest BCUT2D eigenvalue weighted by Crippen LogP contribution is 2.23. The molecule has 4 heteroatoms. The summed E-state index contributed by atoms with van der Waals surface area (Å²) in [5, 5.41) is 0. The summed E-state index contributed by atoms with van der Waals surface area (Å²) in [5.41, 5.74) is 0. The zero-order valence-electron chi connectivity index (χ0n) is 8.62. The van der Waals surface area contributed by atoms with Gasteiger partial charge in [0.05, 0.1) is 6.61 Å². The molecule has 0 saturated heterocycles.